The Morgan fingerprint density at radius 3 is 2.25 bits per heavy atom. The zero-order valence-corrected chi connectivity index (χ0v) is 5.89. The molecule has 0 bridgehead atoms. The van der Waals surface area contributed by atoms with Crippen LogP contribution in [-0.4, -0.2) is 5.11 Å². The highest BCUT2D eigenvalue weighted by Gasteiger charge is 2.32. The lowest BCUT2D eigenvalue weighted by Gasteiger charge is -2.08. The summed E-state index contributed by atoms with van der Waals surface area (Å²) in [5.41, 5.74) is 3.63. The van der Waals surface area contributed by atoms with Gasteiger partial charge in [0, 0.05) is 11.8 Å². The second-order valence-electron chi connectivity index (χ2n) is 2.27. The summed E-state index contributed by atoms with van der Waals surface area (Å²) in [6.45, 7) is 0. The Hall–Kier alpha value is -1.39. The average molecular weight is 177 g/mol. The van der Waals surface area contributed by atoms with E-state index in [4.69, 9.17) is 10.8 Å². The zero-order chi connectivity index (χ0) is 9.35. The first-order chi connectivity index (χ1) is 5.41. The van der Waals surface area contributed by atoms with Crippen LogP contribution in [0, 0.1) is 0 Å². The molecule has 0 saturated heterocycles. The normalized spacial score (nSPS) is 11.6. The molecule has 0 radical (unpaired) electrons. The molecule has 0 aliphatic heterocycles. The van der Waals surface area contributed by atoms with E-state index >= 15 is 0 Å². The van der Waals surface area contributed by atoms with E-state index in [9.17, 15) is 13.2 Å². The van der Waals surface area contributed by atoms with Gasteiger partial charge in [-0.15, -0.1) is 0 Å². The molecule has 12 heavy (non-hydrogen) atoms. The summed E-state index contributed by atoms with van der Waals surface area (Å²) >= 11 is 0. The number of aromatic hydroxyl groups is 1. The van der Waals surface area contributed by atoms with Gasteiger partial charge in [-0.25, -0.2) is 0 Å². The van der Waals surface area contributed by atoms with Crippen molar-refractivity contribution in [3.8, 4) is 5.75 Å². The van der Waals surface area contributed by atoms with Gasteiger partial charge in [0.15, 0.2) is 0 Å². The van der Waals surface area contributed by atoms with Crippen molar-refractivity contribution in [2.45, 2.75) is 6.18 Å². The molecule has 0 atom stereocenters. The summed E-state index contributed by atoms with van der Waals surface area (Å²) in [5, 5.41) is 8.76. The molecule has 5 heteroatoms. The Morgan fingerprint density at radius 2 is 1.83 bits per heavy atom. The molecule has 0 spiro atoms. The number of hydrogen-bond donors (Lipinski definition) is 2. The topological polar surface area (TPSA) is 46.2 Å². The number of nitrogen functional groups attached to an aromatic ring is 1. The molecular formula is C7H6F3NO. The molecule has 3 N–H and O–H groups in total. The molecule has 0 amide bonds. The van der Waals surface area contributed by atoms with Crippen LogP contribution in [0.2, 0.25) is 0 Å². The van der Waals surface area contributed by atoms with Crippen LogP contribution in [0.4, 0.5) is 18.9 Å². The van der Waals surface area contributed by atoms with Gasteiger partial charge in [-0.2, -0.15) is 13.2 Å². The van der Waals surface area contributed by atoms with Gasteiger partial charge in [-0.05, 0) is 12.1 Å². The molecule has 0 aliphatic carbocycles. The molecular weight excluding hydrogens is 171 g/mol. The van der Waals surface area contributed by atoms with Crippen molar-refractivity contribution >= 4 is 5.69 Å². The van der Waals surface area contributed by atoms with E-state index in [1.54, 1.807) is 0 Å². The van der Waals surface area contributed by atoms with Gasteiger partial charge in [0.05, 0.1) is 5.56 Å². The minimum absolute atomic E-state index is 0.277. The molecule has 2 nitrogen and oxygen atoms in total. The molecule has 0 aliphatic rings. The highest BCUT2D eigenvalue weighted by Crippen LogP contribution is 2.34. The fraction of sp³-hybridized carbons (Fsp3) is 0.143. The van der Waals surface area contributed by atoms with E-state index < -0.39 is 17.4 Å². The Bertz CT molecular complexity index is 295. The van der Waals surface area contributed by atoms with Gasteiger partial charge in [0.25, 0.3) is 0 Å². The van der Waals surface area contributed by atoms with E-state index in [1.807, 2.05) is 0 Å². The molecule has 1 rings (SSSR count). The first-order valence-electron chi connectivity index (χ1n) is 3.07. The number of phenolic OH excluding ortho intramolecular Hbond substituents is 1. The highest BCUT2D eigenvalue weighted by molar-refractivity contribution is 5.52. The number of rotatable bonds is 0. The van der Waals surface area contributed by atoms with E-state index in [0.717, 1.165) is 18.2 Å². The number of anilines is 1. The summed E-state index contributed by atoms with van der Waals surface area (Å²) in [5.74, 6) is -0.277. The number of hydrogen-bond acceptors (Lipinski definition) is 2. The molecule has 0 heterocycles. The van der Waals surface area contributed by atoms with Crippen molar-refractivity contribution in [3.05, 3.63) is 23.8 Å². The van der Waals surface area contributed by atoms with Crippen molar-refractivity contribution in [2.24, 2.45) is 0 Å². The second-order valence-corrected chi connectivity index (χ2v) is 2.27. The minimum atomic E-state index is -4.46. The summed E-state index contributed by atoms with van der Waals surface area (Å²) in [6, 6.07) is 2.55. The van der Waals surface area contributed by atoms with Gasteiger partial charge >= 0.3 is 6.18 Å². The number of halogens is 3. The molecule has 1 aromatic rings. The molecule has 1 aromatic carbocycles. The maximum atomic E-state index is 12.0. The molecule has 0 aromatic heterocycles. The van der Waals surface area contributed by atoms with Crippen molar-refractivity contribution in [1.29, 1.82) is 0 Å². The van der Waals surface area contributed by atoms with E-state index in [0.29, 0.717) is 0 Å². The fourth-order valence-corrected chi connectivity index (χ4v) is 0.808. The van der Waals surface area contributed by atoms with Gasteiger partial charge in [-0.1, -0.05) is 0 Å². The van der Waals surface area contributed by atoms with Crippen LogP contribution in [0.25, 0.3) is 0 Å². The monoisotopic (exact) mass is 177 g/mol. The lowest BCUT2D eigenvalue weighted by molar-refractivity contribution is -0.136. The predicted octanol–water partition coefficient (Wildman–Crippen LogP) is 1.99. The Labute approximate surface area is 66.4 Å². The van der Waals surface area contributed by atoms with Crippen LogP contribution in [0.3, 0.4) is 0 Å². The second kappa shape index (κ2) is 2.58. The standard InChI is InChI=1S/C7H6F3NO/c8-7(9,10)5-2-1-4(12)3-6(5)11/h1-3,12H,11H2. The Morgan fingerprint density at radius 1 is 1.25 bits per heavy atom. The van der Waals surface area contributed by atoms with Crippen molar-refractivity contribution < 1.29 is 18.3 Å². The zero-order valence-electron chi connectivity index (χ0n) is 5.89. The van der Waals surface area contributed by atoms with Crippen molar-refractivity contribution in [2.75, 3.05) is 5.73 Å². The van der Waals surface area contributed by atoms with Crippen LogP contribution >= 0.6 is 0 Å². The first-order valence-corrected chi connectivity index (χ1v) is 3.07. The molecule has 0 unspecified atom stereocenters. The van der Waals surface area contributed by atoms with Crippen LogP contribution < -0.4 is 5.73 Å². The third-order valence-electron chi connectivity index (χ3n) is 1.34. The number of phenols is 1. The van der Waals surface area contributed by atoms with Gasteiger partial charge < -0.3 is 10.8 Å². The van der Waals surface area contributed by atoms with Gasteiger partial charge in [0.1, 0.15) is 5.75 Å². The van der Waals surface area contributed by atoms with E-state index in [-0.39, 0.29) is 5.75 Å². The highest BCUT2D eigenvalue weighted by atomic mass is 19.4. The smallest absolute Gasteiger partial charge is 0.418 e. The van der Waals surface area contributed by atoms with Crippen LogP contribution in [0.1, 0.15) is 5.56 Å². The number of alkyl halides is 3. The quantitative estimate of drug-likeness (QED) is 0.595. The lowest BCUT2D eigenvalue weighted by atomic mass is 10.1. The van der Waals surface area contributed by atoms with Crippen LogP contribution in [0.5, 0.6) is 5.75 Å². The van der Waals surface area contributed by atoms with Crippen molar-refractivity contribution in [3.63, 3.8) is 0 Å². The van der Waals surface area contributed by atoms with Crippen LogP contribution in [0.15, 0.2) is 18.2 Å². The average Bonchev–Trinajstić information content (AvgIpc) is 1.83. The summed E-state index contributed by atoms with van der Waals surface area (Å²) < 4.78 is 36.1. The minimum Gasteiger partial charge on any atom is -0.508 e. The molecule has 0 fully saturated rings. The van der Waals surface area contributed by atoms with Crippen LogP contribution in [-0.2, 0) is 6.18 Å². The number of benzene rings is 1. The largest absolute Gasteiger partial charge is 0.508 e. The maximum Gasteiger partial charge on any atom is 0.418 e. The van der Waals surface area contributed by atoms with Crippen molar-refractivity contribution in [1.82, 2.24) is 0 Å². The molecule has 66 valence electrons. The summed E-state index contributed by atoms with van der Waals surface area (Å²) in [7, 11) is 0. The lowest BCUT2D eigenvalue weighted by Crippen LogP contribution is -2.08. The first kappa shape index (κ1) is 8.70. The third kappa shape index (κ3) is 1.61. The number of nitrogens with two attached hydrogens (primary N) is 1. The maximum absolute atomic E-state index is 12.0. The summed E-state index contributed by atoms with van der Waals surface area (Å²) in [6.07, 6.45) is -4.46. The molecule has 0 saturated carbocycles. The van der Waals surface area contributed by atoms with E-state index in [1.165, 1.54) is 0 Å². The summed E-state index contributed by atoms with van der Waals surface area (Å²) in [4.78, 5) is 0. The third-order valence-corrected chi connectivity index (χ3v) is 1.34. The Kier molecular flexibility index (Phi) is 1.87. The SMILES string of the molecule is Nc1cc(O)ccc1C(F)(F)F. The predicted molar refractivity (Wildman–Crippen MR) is 37.5 cm³/mol. The van der Waals surface area contributed by atoms with Gasteiger partial charge in [-0.3, -0.25) is 0 Å². The Balaban J connectivity index is 3.19. The van der Waals surface area contributed by atoms with E-state index in [2.05, 4.69) is 0 Å². The van der Waals surface area contributed by atoms with Gasteiger partial charge in [0.2, 0.25) is 0 Å². The fourth-order valence-electron chi connectivity index (χ4n) is 0.808.